The van der Waals surface area contributed by atoms with Crippen molar-refractivity contribution in [2.24, 2.45) is 0 Å². The summed E-state index contributed by atoms with van der Waals surface area (Å²) in [6.07, 6.45) is 0.705. The summed E-state index contributed by atoms with van der Waals surface area (Å²) in [4.78, 5) is 15.4. The molecule has 0 fully saturated rings. The van der Waals surface area contributed by atoms with E-state index >= 15 is 0 Å². The number of carbonyl (C=O) groups excluding carboxylic acids is 1. The smallest absolute Gasteiger partial charge is 0.254 e. The topological polar surface area (TPSA) is 66.5 Å². The second-order valence-electron chi connectivity index (χ2n) is 7.89. The fourth-order valence-electron chi connectivity index (χ4n) is 4.20. The second kappa shape index (κ2) is 10.4. The minimum Gasteiger partial charge on any atom is -0.497 e. The number of hydrogen-bond donors (Lipinski definition) is 0. The lowest BCUT2D eigenvalue weighted by Gasteiger charge is -2.37. The van der Waals surface area contributed by atoms with E-state index in [1.54, 1.807) is 52.7 Å². The molecule has 0 aliphatic carbocycles. The number of carbonyl (C=O) groups is 1. The molecule has 7 nitrogen and oxygen atoms in total. The van der Waals surface area contributed by atoms with Crippen molar-refractivity contribution in [2.45, 2.75) is 12.5 Å². The third kappa shape index (κ3) is 4.73. The van der Waals surface area contributed by atoms with Gasteiger partial charge in [0.25, 0.3) is 5.91 Å². The van der Waals surface area contributed by atoms with Crippen LogP contribution in [0.15, 0.2) is 60.7 Å². The average Bonchev–Trinajstić information content (AvgIpc) is 2.90. The van der Waals surface area contributed by atoms with E-state index < -0.39 is 0 Å². The normalized spacial score (nSPS) is 14.7. The molecule has 34 heavy (non-hydrogen) atoms. The van der Waals surface area contributed by atoms with Crippen LogP contribution in [0.3, 0.4) is 0 Å². The molecular weight excluding hydrogens is 434 g/mol. The Bertz CT molecular complexity index is 1130. The summed E-state index contributed by atoms with van der Waals surface area (Å²) in [5, 5.41) is 0. The maximum atomic E-state index is 13.5. The van der Waals surface area contributed by atoms with E-state index in [9.17, 15) is 4.79 Å². The van der Waals surface area contributed by atoms with Gasteiger partial charge in [-0.15, -0.1) is 0 Å². The van der Waals surface area contributed by atoms with Gasteiger partial charge in [-0.2, -0.15) is 0 Å². The van der Waals surface area contributed by atoms with E-state index in [0.717, 1.165) is 16.9 Å². The molecule has 1 atom stereocenters. The van der Waals surface area contributed by atoms with Crippen LogP contribution in [-0.4, -0.2) is 52.4 Å². The SMILES string of the molecule is COc1ccc(OC[C@H]2c3cc(OC)c(OC)cc3CCN2C(=O)c2ccc(OC)cc2)cc1. The highest BCUT2D eigenvalue weighted by Gasteiger charge is 2.33. The van der Waals surface area contributed by atoms with Crippen molar-refractivity contribution in [3.63, 3.8) is 0 Å². The zero-order valence-electron chi connectivity index (χ0n) is 19.9. The van der Waals surface area contributed by atoms with Crippen molar-refractivity contribution in [3.8, 4) is 28.7 Å². The summed E-state index contributed by atoms with van der Waals surface area (Å²) in [6.45, 7) is 0.848. The van der Waals surface area contributed by atoms with E-state index in [0.29, 0.717) is 41.5 Å². The van der Waals surface area contributed by atoms with E-state index in [1.165, 1.54) is 0 Å². The molecule has 4 rings (SSSR count). The minimum atomic E-state index is -0.305. The molecule has 3 aromatic carbocycles. The van der Waals surface area contributed by atoms with E-state index in [1.807, 2.05) is 41.3 Å². The summed E-state index contributed by atoms with van der Waals surface area (Å²) >= 11 is 0. The van der Waals surface area contributed by atoms with Gasteiger partial charge in [-0.25, -0.2) is 0 Å². The van der Waals surface area contributed by atoms with E-state index in [2.05, 4.69) is 0 Å². The third-order valence-electron chi connectivity index (χ3n) is 6.07. The average molecular weight is 464 g/mol. The summed E-state index contributed by atoms with van der Waals surface area (Å²) in [6, 6.07) is 18.2. The highest BCUT2D eigenvalue weighted by atomic mass is 16.5. The van der Waals surface area contributed by atoms with Gasteiger partial charge in [0.05, 0.1) is 34.5 Å². The van der Waals surface area contributed by atoms with Gasteiger partial charge in [0, 0.05) is 12.1 Å². The molecule has 1 heterocycles. The van der Waals surface area contributed by atoms with Crippen molar-refractivity contribution >= 4 is 5.91 Å². The van der Waals surface area contributed by atoms with Crippen LogP contribution in [0.5, 0.6) is 28.7 Å². The zero-order valence-corrected chi connectivity index (χ0v) is 19.9. The summed E-state index contributed by atoms with van der Waals surface area (Å²) in [5.41, 5.74) is 2.69. The van der Waals surface area contributed by atoms with Crippen molar-refractivity contribution in [2.75, 3.05) is 41.6 Å². The number of fused-ring (bicyclic) bond motifs is 1. The first-order chi connectivity index (χ1) is 16.6. The number of amides is 1. The molecule has 0 saturated heterocycles. The molecule has 1 aliphatic heterocycles. The molecule has 0 aromatic heterocycles. The highest BCUT2D eigenvalue weighted by Crippen LogP contribution is 2.39. The van der Waals surface area contributed by atoms with Gasteiger partial charge in [-0.3, -0.25) is 4.79 Å². The first kappa shape index (κ1) is 23.3. The Morgan fingerprint density at radius 3 is 1.94 bits per heavy atom. The van der Waals surface area contributed by atoms with Gasteiger partial charge in [-0.05, 0) is 78.2 Å². The second-order valence-corrected chi connectivity index (χ2v) is 7.89. The molecule has 0 N–H and O–H groups in total. The summed E-state index contributed by atoms with van der Waals surface area (Å²) < 4.78 is 27.6. The lowest BCUT2D eigenvalue weighted by molar-refractivity contribution is 0.0589. The Morgan fingerprint density at radius 2 is 1.35 bits per heavy atom. The van der Waals surface area contributed by atoms with Crippen LogP contribution < -0.4 is 23.7 Å². The van der Waals surface area contributed by atoms with Gasteiger partial charge < -0.3 is 28.6 Å². The number of ether oxygens (including phenoxy) is 5. The molecule has 1 amide bonds. The fourth-order valence-corrected chi connectivity index (χ4v) is 4.20. The fraction of sp³-hybridized carbons (Fsp3) is 0.296. The molecule has 0 spiro atoms. The standard InChI is InChI=1S/C27H29NO6/c1-30-20-7-5-18(6-8-20)27(29)28-14-13-19-15-25(32-3)26(33-4)16-23(19)24(28)17-34-22-11-9-21(31-2)10-12-22/h5-12,15-16,24H,13-14,17H2,1-4H3/t24-/m0/s1. The molecule has 0 unspecified atom stereocenters. The molecular formula is C27H29NO6. The Balaban J connectivity index is 1.67. The molecule has 178 valence electrons. The lowest BCUT2D eigenvalue weighted by atomic mass is 9.91. The zero-order chi connectivity index (χ0) is 24.1. The number of rotatable bonds is 8. The Kier molecular flexibility index (Phi) is 7.11. The maximum absolute atomic E-state index is 13.5. The maximum Gasteiger partial charge on any atom is 0.254 e. The quantitative estimate of drug-likeness (QED) is 0.489. The van der Waals surface area contributed by atoms with E-state index in [-0.39, 0.29) is 18.6 Å². The van der Waals surface area contributed by atoms with Gasteiger partial charge in [0.2, 0.25) is 0 Å². The number of nitrogens with zero attached hydrogens (tertiary/aromatic N) is 1. The Hall–Kier alpha value is -3.87. The number of benzene rings is 3. The largest absolute Gasteiger partial charge is 0.497 e. The van der Waals surface area contributed by atoms with Crippen LogP contribution in [-0.2, 0) is 6.42 Å². The van der Waals surface area contributed by atoms with Crippen LogP contribution in [0.25, 0.3) is 0 Å². The van der Waals surface area contributed by atoms with Crippen LogP contribution in [0.1, 0.15) is 27.5 Å². The number of methoxy groups -OCH3 is 4. The van der Waals surface area contributed by atoms with Crippen molar-refractivity contribution in [1.82, 2.24) is 4.90 Å². The molecule has 7 heteroatoms. The van der Waals surface area contributed by atoms with Crippen molar-refractivity contribution in [3.05, 3.63) is 77.4 Å². The van der Waals surface area contributed by atoms with Gasteiger partial charge >= 0.3 is 0 Å². The van der Waals surface area contributed by atoms with Crippen molar-refractivity contribution in [1.29, 1.82) is 0 Å². The Labute approximate surface area is 199 Å². The van der Waals surface area contributed by atoms with Crippen LogP contribution in [0, 0.1) is 0 Å². The molecule has 0 radical (unpaired) electrons. The molecule has 0 saturated carbocycles. The summed E-state index contributed by atoms with van der Waals surface area (Å²) in [5.74, 6) is 3.39. The monoisotopic (exact) mass is 463 g/mol. The van der Waals surface area contributed by atoms with Crippen LogP contribution >= 0.6 is 0 Å². The van der Waals surface area contributed by atoms with Crippen molar-refractivity contribution < 1.29 is 28.5 Å². The van der Waals surface area contributed by atoms with E-state index in [4.69, 9.17) is 23.7 Å². The molecule has 1 aliphatic rings. The lowest BCUT2D eigenvalue weighted by Crippen LogP contribution is -2.42. The van der Waals surface area contributed by atoms with Gasteiger partial charge in [0.1, 0.15) is 23.9 Å². The number of hydrogen-bond acceptors (Lipinski definition) is 6. The van der Waals surface area contributed by atoms with Gasteiger partial charge in [0.15, 0.2) is 11.5 Å². The Morgan fingerprint density at radius 1 is 0.794 bits per heavy atom. The predicted octanol–water partition coefficient (Wildman–Crippen LogP) is 4.54. The first-order valence-electron chi connectivity index (χ1n) is 11.0. The van der Waals surface area contributed by atoms with Gasteiger partial charge in [-0.1, -0.05) is 0 Å². The first-order valence-corrected chi connectivity index (χ1v) is 11.0. The third-order valence-corrected chi connectivity index (χ3v) is 6.07. The van der Waals surface area contributed by atoms with Crippen LogP contribution in [0.4, 0.5) is 0 Å². The predicted molar refractivity (Wildman–Crippen MR) is 129 cm³/mol. The highest BCUT2D eigenvalue weighted by molar-refractivity contribution is 5.95. The van der Waals surface area contributed by atoms with Crippen LogP contribution in [0.2, 0.25) is 0 Å². The molecule has 0 bridgehead atoms. The minimum absolute atomic E-state index is 0.0635. The summed E-state index contributed by atoms with van der Waals surface area (Å²) in [7, 11) is 6.46. The molecule has 3 aromatic rings.